The van der Waals surface area contributed by atoms with Crippen molar-refractivity contribution < 1.29 is 18.0 Å². The van der Waals surface area contributed by atoms with Crippen molar-refractivity contribution in [3.63, 3.8) is 0 Å². The summed E-state index contributed by atoms with van der Waals surface area (Å²) in [5.41, 5.74) is 5.41. The van der Waals surface area contributed by atoms with E-state index in [1.54, 1.807) is 6.92 Å². The Kier molecular flexibility index (Phi) is 4.88. The maximum atomic E-state index is 13.8. The first-order valence-electron chi connectivity index (χ1n) is 7.15. The first-order chi connectivity index (χ1) is 9.95. The minimum Gasteiger partial charge on any atom is -0.336 e. The SMILES string of the molecule is CCN(C(=O)c1ccc(F)c(F)c1F)C1CCC(N)CC1. The largest absolute Gasteiger partial charge is 0.336 e. The zero-order valence-electron chi connectivity index (χ0n) is 11.9. The molecule has 1 aliphatic carbocycles. The van der Waals surface area contributed by atoms with Gasteiger partial charge in [0, 0.05) is 18.6 Å². The van der Waals surface area contributed by atoms with Gasteiger partial charge in [-0.15, -0.1) is 0 Å². The molecule has 0 unspecified atom stereocenters. The van der Waals surface area contributed by atoms with Crippen LogP contribution in [0.5, 0.6) is 0 Å². The van der Waals surface area contributed by atoms with Crippen LogP contribution < -0.4 is 5.73 Å². The Balaban J connectivity index is 2.23. The van der Waals surface area contributed by atoms with Gasteiger partial charge in [-0.3, -0.25) is 4.79 Å². The Morgan fingerprint density at radius 3 is 2.38 bits per heavy atom. The standard InChI is InChI=1S/C15H19F3N2O/c1-2-20(10-5-3-9(19)4-6-10)15(21)11-7-8-12(16)14(18)13(11)17/h7-10H,2-6,19H2,1H3. The fourth-order valence-electron chi connectivity index (χ4n) is 2.83. The lowest BCUT2D eigenvalue weighted by Gasteiger charge is -2.35. The predicted octanol–water partition coefficient (Wildman–Crippen LogP) is 2.84. The van der Waals surface area contributed by atoms with Crippen molar-refractivity contribution in [3.8, 4) is 0 Å². The van der Waals surface area contributed by atoms with E-state index in [0.717, 1.165) is 37.8 Å². The third kappa shape index (κ3) is 3.20. The first kappa shape index (κ1) is 15.8. The van der Waals surface area contributed by atoms with Gasteiger partial charge >= 0.3 is 0 Å². The van der Waals surface area contributed by atoms with Gasteiger partial charge in [0.25, 0.3) is 5.91 Å². The predicted molar refractivity (Wildman–Crippen MR) is 73.3 cm³/mol. The minimum absolute atomic E-state index is 0.0326. The van der Waals surface area contributed by atoms with Crippen LogP contribution in [0.25, 0.3) is 0 Å². The number of carbonyl (C=O) groups excluding carboxylic acids is 1. The number of hydrogen-bond donors (Lipinski definition) is 1. The summed E-state index contributed by atoms with van der Waals surface area (Å²) in [5.74, 6) is -4.93. The van der Waals surface area contributed by atoms with Crippen LogP contribution in [0.15, 0.2) is 12.1 Å². The molecule has 1 aliphatic rings. The third-order valence-electron chi connectivity index (χ3n) is 4.05. The second kappa shape index (κ2) is 6.47. The van der Waals surface area contributed by atoms with E-state index in [0.29, 0.717) is 6.54 Å². The van der Waals surface area contributed by atoms with Gasteiger partial charge in [-0.2, -0.15) is 0 Å². The average Bonchev–Trinajstić information content (AvgIpc) is 2.47. The van der Waals surface area contributed by atoms with Crippen LogP contribution >= 0.6 is 0 Å². The van der Waals surface area contributed by atoms with Crippen LogP contribution in [0.4, 0.5) is 13.2 Å². The molecular formula is C15H19F3N2O. The second-order valence-electron chi connectivity index (χ2n) is 5.38. The first-order valence-corrected chi connectivity index (χ1v) is 7.15. The molecule has 1 amide bonds. The van der Waals surface area contributed by atoms with Gasteiger partial charge < -0.3 is 10.6 Å². The molecule has 3 nitrogen and oxygen atoms in total. The lowest BCUT2D eigenvalue weighted by atomic mass is 9.90. The molecule has 0 atom stereocenters. The van der Waals surface area contributed by atoms with Gasteiger partial charge in [-0.05, 0) is 44.7 Å². The Labute approximate surface area is 121 Å². The summed E-state index contributed by atoms with van der Waals surface area (Å²) >= 11 is 0. The molecule has 1 saturated carbocycles. The molecule has 21 heavy (non-hydrogen) atoms. The molecule has 0 bridgehead atoms. The topological polar surface area (TPSA) is 46.3 Å². The maximum absolute atomic E-state index is 13.8. The lowest BCUT2D eigenvalue weighted by molar-refractivity contribution is 0.0634. The molecule has 2 rings (SSSR count). The molecule has 0 aromatic heterocycles. The molecule has 1 aromatic carbocycles. The van der Waals surface area contributed by atoms with E-state index in [2.05, 4.69) is 0 Å². The zero-order chi connectivity index (χ0) is 15.6. The van der Waals surface area contributed by atoms with Crippen LogP contribution in [0, 0.1) is 17.5 Å². The highest BCUT2D eigenvalue weighted by Crippen LogP contribution is 2.25. The number of amides is 1. The van der Waals surface area contributed by atoms with Crippen molar-refractivity contribution >= 4 is 5.91 Å². The minimum atomic E-state index is -1.61. The van der Waals surface area contributed by atoms with E-state index in [9.17, 15) is 18.0 Å². The normalized spacial score (nSPS) is 22.1. The van der Waals surface area contributed by atoms with E-state index in [1.165, 1.54) is 4.90 Å². The van der Waals surface area contributed by atoms with Gasteiger partial charge in [0.2, 0.25) is 0 Å². The van der Waals surface area contributed by atoms with E-state index in [4.69, 9.17) is 5.73 Å². The van der Waals surface area contributed by atoms with Crippen LogP contribution in [0.2, 0.25) is 0 Å². The van der Waals surface area contributed by atoms with Crippen LogP contribution in [-0.4, -0.2) is 29.4 Å². The number of hydrogen-bond acceptors (Lipinski definition) is 2. The number of nitrogens with zero attached hydrogens (tertiary/aromatic N) is 1. The lowest BCUT2D eigenvalue weighted by Crippen LogP contribution is -2.44. The highest BCUT2D eigenvalue weighted by molar-refractivity contribution is 5.94. The van der Waals surface area contributed by atoms with Crippen LogP contribution in [0.3, 0.4) is 0 Å². The molecule has 0 heterocycles. The zero-order valence-corrected chi connectivity index (χ0v) is 11.9. The molecule has 1 fully saturated rings. The molecule has 0 radical (unpaired) electrons. The fourth-order valence-corrected chi connectivity index (χ4v) is 2.83. The van der Waals surface area contributed by atoms with E-state index in [-0.39, 0.29) is 12.1 Å². The summed E-state index contributed by atoms with van der Waals surface area (Å²) in [6, 6.07) is 1.87. The van der Waals surface area contributed by atoms with E-state index >= 15 is 0 Å². The highest BCUT2D eigenvalue weighted by Gasteiger charge is 2.29. The van der Waals surface area contributed by atoms with Gasteiger partial charge in [-0.25, -0.2) is 13.2 Å². The summed E-state index contributed by atoms with van der Waals surface area (Å²) in [4.78, 5) is 13.9. The average molecular weight is 300 g/mol. The van der Waals surface area contributed by atoms with Crippen LogP contribution in [0.1, 0.15) is 43.0 Å². The monoisotopic (exact) mass is 300 g/mol. The Hall–Kier alpha value is -1.56. The molecule has 6 heteroatoms. The number of benzene rings is 1. The summed E-state index contributed by atoms with van der Waals surface area (Å²) in [6.07, 6.45) is 3.08. The molecule has 0 spiro atoms. The maximum Gasteiger partial charge on any atom is 0.257 e. The molecule has 116 valence electrons. The fraction of sp³-hybridized carbons (Fsp3) is 0.533. The van der Waals surface area contributed by atoms with E-state index < -0.39 is 28.9 Å². The van der Waals surface area contributed by atoms with Crippen molar-refractivity contribution in [3.05, 3.63) is 35.1 Å². The van der Waals surface area contributed by atoms with Gasteiger partial charge in [0.15, 0.2) is 17.5 Å². The third-order valence-corrected chi connectivity index (χ3v) is 4.05. The second-order valence-corrected chi connectivity index (χ2v) is 5.38. The highest BCUT2D eigenvalue weighted by atomic mass is 19.2. The Morgan fingerprint density at radius 1 is 1.19 bits per heavy atom. The summed E-state index contributed by atoms with van der Waals surface area (Å²) in [5, 5.41) is 0. The van der Waals surface area contributed by atoms with Gasteiger partial charge in [0.05, 0.1) is 5.56 Å². The quantitative estimate of drug-likeness (QED) is 0.873. The van der Waals surface area contributed by atoms with E-state index in [1.807, 2.05) is 0 Å². The number of carbonyl (C=O) groups is 1. The molecule has 0 aliphatic heterocycles. The van der Waals surface area contributed by atoms with Gasteiger partial charge in [-0.1, -0.05) is 0 Å². The van der Waals surface area contributed by atoms with Crippen molar-refractivity contribution in [2.75, 3.05) is 6.54 Å². The van der Waals surface area contributed by atoms with Crippen molar-refractivity contribution in [2.45, 2.75) is 44.7 Å². The Bertz CT molecular complexity index is 528. The summed E-state index contributed by atoms with van der Waals surface area (Å²) < 4.78 is 40.0. The summed E-state index contributed by atoms with van der Waals surface area (Å²) in [7, 11) is 0. The molecular weight excluding hydrogens is 281 g/mol. The Morgan fingerprint density at radius 2 is 1.81 bits per heavy atom. The molecule has 1 aromatic rings. The van der Waals surface area contributed by atoms with Crippen molar-refractivity contribution in [1.29, 1.82) is 0 Å². The number of nitrogens with two attached hydrogens (primary N) is 1. The van der Waals surface area contributed by atoms with Gasteiger partial charge in [0.1, 0.15) is 0 Å². The summed E-state index contributed by atoms with van der Waals surface area (Å²) in [6.45, 7) is 2.17. The number of halogens is 3. The number of rotatable bonds is 3. The molecule has 2 N–H and O–H groups in total. The molecule has 0 saturated heterocycles. The van der Waals surface area contributed by atoms with Crippen LogP contribution in [-0.2, 0) is 0 Å². The smallest absolute Gasteiger partial charge is 0.257 e. The van der Waals surface area contributed by atoms with Crippen molar-refractivity contribution in [2.24, 2.45) is 5.73 Å². The van der Waals surface area contributed by atoms with Crippen molar-refractivity contribution in [1.82, 2.24) is 4.90 Å².